The van der Waals surface area contributed by atoms with Gasteiger partial charge in [-0.2, -0.15) is 0 Å². The summed E-state index contributed by atoms with van der Waals surface area (Å²) in [6.45, 7) is 3.97. The lowest BCUT2D eigenvalue weighted by atomic mass is 9.95. The van der Waals surface area contributed by atoms with E-state index in [0.717, 1.165) is 46.2 Å². The molecule has 0 radical (unpaired) electrons. The molecule has 4 rings (SSSR count). The number of hydrogen-bond acceptors (Lipinski definition) is 5. The van der Waals surface area contributed by atoms with Gasteiger partial charge in [0.05, 0.1) is 23.4 Å². The molecule has 1 aromatic carbocycles. The van der Waals surface area contributed by atoms with E-state index < -0.39 is 0 Å². The summed E-state index contributed by atoms with van der Waals surface area (Å²) in [6, 6.07) is 7.69. The van der Waals surface area contributed by atoms with Gasteiger partial charge in [0.2, 0.25) is 0 Å². The van der Waals surface area contributed by atoms with E-state index in [1.54, 1.807) is 13.1 Å². The molecular weight excluding hydrogens is 513 g/mol. The number of nitrogens with one attached hydrogen (secondary N) is 1. The van der Waals surface area contributed by atoms with Crippen molar-refractivity contribution in [2.45, 2.75) is 39.5 Å². The zero-order valence-corrected chi connectivity index (χ0v) is 19.8. The number of H-pyrrole nitrogens is 1. The van der Waals surface area contributed by atoms with E-state index in [-0.39, 0.29) is 11.5 Å². The third-order valence-corrected chi connectivity index (χ3v) is 7.06. The largest absolute Gasteiger partial charge is 0.462 e. The molecule has 2 heterocycles. The first-order valence-corrected chi connectivity index (χ1v) is 11.8. The minimum Gasteiger partial charge on any atom is -0.462 e. The van der Waals surface area contributed by atoms with Gasteiger partial charge in [-0.25, -0.2) is 14.5 Å². The van der Waals surface area contributed by atoms with E-state index in [1.807, 2.05) is 31.2 Å². The van der Waals surface area contributed by atoms with Gasteiger partial charge in [-0.1, -0.05) is 0 Å². The van der Waals surface area contributed by atoms with Crippen molar-refractivity contribution >= 4 is 51.1 Å². The van der Waals surface area contributed by atoms with Gasteiger partial charge in [-0.3, -0.25) is 9.89 Å². The number of rotatable bonds is 5. The van der Waals surface area contributed by atoms with Gasteiger partial charge < -0.3 is 4.74 Å². The van der Waals surface area contributed by atoms with Gasteiger partial charge >= 0.3 is 5.97 Å². The zero-order chi connectivity index (χ0) is 21.3. The molecule has 2 aromatic heterocycles. The number of aromatic nitrogens is 2. The number of aliphatic imine (C=N–C) groups is 1. The lowest BCUT2D eigenvalue weighted by Crippen LogP contribution is -2.17. The first kappa shape index (κ1) is 21.0. The minimum absolute atomic E-state index is 0.170. The molecule has 0 amide bonds. The van der Waals surface area contributed by atoms with Crippen LogP contribution in [0.2, 0.25) is 0 Å². The number of halogens is 1. The van der Waals surface area contributed by atoms with Crippen LogP contribution in [0.15, 0.2) is 34.1 Å². The fourth-order valence-corrected chi connectivity index (χ4v) is 5.24. The molecule has 3 aromatic rings. The second-order valence-corrected chi connectivity index (χ2v) is 9.47. The lowest BCUT2D eigenvalue weighted by Gasteiger charge is -2.11. The summed E-state index contributed by atoms with van der Waals surface area (Å²) in [6.07, 6.45) is 5.59. The van der Waals surface area contributed by atoms with Crippen molar-refractivity contribution < 1.29 is 9.53 Å². The molecule has 0 aliphatic heterocycles. The highest BCUT2D eigenvalue weighted by Crippen LogP contribution is 2.40. The lowest BCUT2D eigenvalue weighted by molar-refractivity contribution is 0.0526. The molecule has 0 saturated heterocycles. The van der Waals surface area contributed by atoms with E-state index in [9.17, 15) is 9.59 Å². The molecule has 156 valence electrons. The SMILES string of the molecule is CCOC(=O)c1c(N=Cc2c(C)[nH]n(-c3ccc(I)cc3)c2=O)sc2c1CCCC2. The van der Waals surface area contributed by atoms with Gasteiger partial charge in [-0.15, -0.1) is 11.3 Å². The van der Waals surface area contributed by atoms with E-state index in [2.05, 4.69) is 32.7 Å². The summed E-state index contributed by atoms with van der Waals surface area (Å²) < 4.78 is 7.90. The number of aromatic amines is 1. The second kappa shape index (κ2) is 8.89. The quantitative estimate of drug-likeness (QED) is 0.286. The molecule has 1 aliphatic carbocycles. The molecule has 0 saturated carbocycles. The predicted molar refractivity (Wildman–Crippen MR) is 128 cm³/mol. The van der Waals surface area contributed by atoms with E-state index in [1.165, 1.54) is 20.9 Å². The standard InChI is InChI=1S/C22H22IN3O3S/c1-3-29-22(28)19-16-6-4-5-7-18(16)30-20(19)24-12-17-13(2)25-26(21(17)27)15-10-8-14(23)9-11-15/h8-12,25H,3-7H2,1-2H3. The van der Waals surface area contributed by atoms with E-state index in [0.29, 0.717) is 22.7 Å². The van der Waals surface area contributed by atoms with Crippen molar-refractivity contribution in [3.05, 3.63) is 65.5 Å². The molecule has 8 heteroatoms. The molecule has 1 N–H and O–H groups in total. The zero-order valence-electron chi connectivity index (χ0n) is 16.8. The molecule has 0 atom stereocenters. The molecule has 0 fully saturated rings. The van der Waals surface area contributed by atoms with Crippen LogP contribution in [0.3, 0.4) is 0 Å². The fourth-order valence-electron chi connectivity index (χ4n) is 3.66. The number of ether oxygens (including phenoxy) is 1. The maximum Gasteiger partial charge on any atom is 0.341 e. The van der Waals surface area contributed by atoms with Gasteiger partial charge in [0.15, 0.2) is 0 Å². The van der Waals surface area contributed by atoms with Crippen LogP contribution in [0.5, 0.6) is 0 Å². The van der Waals surface area contributed by atoms with Gasteiger partial charge in [0, 0.05) is 20.4 Å². The molecule has 0 bridgehead atoms. The van der Waals surface area contributed by atoms with Crippen LogP contribution in [0.25, 0.3) is 5.69 Å². The van der Waals surface area contributed by atoms with Crippen molar-refractivity contribution in [1.29, 1.82) is 0 Å². The van der Waals surface area contributed by atoms with E-state index in [4.69, 9.17) is 4.74 Å². The van der Waals surface area contributed by atoms with Gasteiger partial charge in [0.25, 0.3) is 5.56 Å². The van der Waals surface area contributed by atoms with Crippen LogP contribution < -0.4 is 5.56 Å². The number of aryl methyl sites for hydroxylation is 2. The van der Waals surface area contributed by atoms with Crippen molar-refractivity contribution in [1.82, 2.24) is 9.78 Å². The second-order valence-electron chi connectivity index (χ2n) is 7.14. The highest BCUT2D eigenvalue weighted by atomic mass is 127. The number of esters is 1. The topological polar surface area (TPSA) is 76.4 Å². The maximum absolute atomic E-state index is 13.0. The number of fused-ring (bicyclic) bond motifs is 1. The Kier molecular flexibility index (Phi) is 6.24. The average molecular weight is 535 g/mol. The third-order valence-electron chi connectivity index (χ3n) is 5.15. The molecule has 6 nitrogen and oxygen atoms in total. The highest BCUT2D eigenvalue weighted by molar-refractivity contribution is 14.1. The Morgan fingerprint density at radius 3 is 2.77 bits per heavy atom. The van der Waals surface area contributed by atoms with Crippen molar-refractivity contribution in [3.63, 3.8) is 0 Å². The number of hydrogen-bond donors (Lipinski definition) is 1. The Morgan fingerprint density at radius 2 is 2.03 bits per heavy atom. The van der Waals surface area contributed by atoms with Crippen LogP contribution in [-0.4, -0.2) is 28.6 Å². The van der Waals surface area contributed by atoms with Crippen molar-refractivity contribution in [2.24, 2.45) is 4.99 Å². The number of benzene rings is 1. The summed E-state index contributed by atoms with van der Waals surface area (Å²) >= 11 is 3.76. The molecule has 30 heavy (non-hydrogen) atoms. The Hall–Kier alpha value is -2.20. The summed E-state index contributed by atoms with van der Waals surface area (Å²) in [7, 11) is 0. The van der Waals surface area contributed by atoms with Crippen LogP contribution in [-0.2, 0) is 17.6 Å². The van der Waals surface area contributed by atoms with Gasteiger partial charge in [-0.05, 0) is 92.0 Å². The molecule has 0 spiro atoms. The monoisotopic (exact) mass is 535 g/mol. The number of carbonyl (C=O) groups excluding carboxylic acids is 1. The van der Waals surface area contributed by atoms with Crippen molar-refractivity contribution in [2.75, 3.05) is 6.61 Å². The molecule has 0 unspecified atom stereocenters. The summed E-state index contributed by atoms with van der Waals surface area (Å²) in [4.78, 5) is 31.4. The first-order chi connectivity index (χ1) is 14.5. The average Bonchev–Trinajstić information content (AvgIpc) is 3.24. The Labute approximate surface area is 192 Å². The van der Waals surface area contributed by atoms with Crippen molar-refractivity contribution in [3.8, 4) is 5.69 Å². The first-order valence-electron chi connectivity index (χ1n) is 9.93. The fraction of sp³-hybridized carbons (Fsp3) is 0.318. The Balaban J connectivity index is 1.73. The maximum atomic E-state index is 13.0. The summed E-state index contributed by atoms with van der Waals surface area (Å²) in [5, 5.41) is 3.74. The van der Waals surface area contributed by atoms with Crippen LogP contribution in [0.4, 0.5) is 5.00 Å². The Bertz CT molecular complexity index is 1170. The highest BCUT2D eigenvalue weighted by Gasteiger charge is 2.26. The third kappa shape index (κ3) is 4.02. The van der Waals surface area contributed by atoms with Gasteiger partial charge in [0.1, 0.15) is 5.00 Å². The van der Waals surface area contributed by atoms with Crippen LogP contribution in [0, 0.1) is 10.5 Å². The number of carbonyl (C=O) groups is 1. The normalized spacial score (nSPS) is 13.6. The summed E-state index contributed by atoms with van der Waals surface area (Å²) in [5.41, 5.74) is 3.44. The summed E-state index contributed by atoms with van der Waals surface area (Å²) in [5.74, 6) is -0.328. The van der Waals surface area contributed by atoms with Crippen LogP contribution in [0.1, 0.15) is 51.8 Å². The minimum atomic E-state index is -0.328. The Morgan fingerprint density at radius 1 is 1.30 bits per heavy atom. The number of thiophene rings is 1. The predicted octanol–water partition coefficient (Wildman–Crippen LogP) is 4.95. The smallest absolute Gasteiger partial charge is 0.341 e. The van der Waals surface area contributed by atoms with E-state index >= 15 is 0 Å². The molecular formula is C22H22IN3O3S. The molecule has 1 aliphatic rings. The number of nitrogens with zero attached hydrogens (tertiary/aromatic N) is 2. The van der Waals surface area contributed by atoms with Crippen LogP contribution >= 0.6 is 33.9 Å².